The van der Waals surface area contributed by atoms with Crippen molar-refractivity contribution < 1.29 is 9.53 Å². The smallest absolute Gasteiger partial charge is 0.124 e. The van der Waals surface area contributed by atoms with Crippen LogP contribution in [0.5, 0.6) is 0 Å². The summed E-state index contributed by atoms with van der Waals surface area (Å²) in [6.07, 6.45) is 5.25. The van der Waals surface area contributed by atoms with E-state index in [2.05, 4.69) is 45.0 Å². The predicted octanol–water partition coefficient (Wildman–Crippen LogP) is 5.14. The minimum absolute atomic E-state index is 0.424. The number of rotatable bonds is 8. The van der Waals surface area contributed by atoms with E-state index in [4.69, 9.17) is 4.74 Å². The number of alkyl halides is 1. The fourth-order valence-electron chi connectivity index (χ4n) is 1.17. The van der Waals surface area contributed by atoms with Gasteiger partial charge in [0.2, 0.25) is 0 Å². The molecule has 0 aliphatic heterocycles. The monoisotopic (exact) mass is 380 g/mol. The first kappa shape index (κ1) is 20.0. The van der Waals surface area contributed by atoms with Crippen molar-refractivity contribution in [2.24, 2.45) is 0 Å². The minimum Gasteiger partial charge on any atom is -0.497 e. The molecule has 0 saturated heterocycles. The van der Waals surface area contributed by atoms with Crippen LogP contribution >= 0.6 is 31.9 Å². The third-order valence-electron chi connectivity index (χ3n) is 1.94. The molecule has 0 saturated carbocycles. The van der Waals surface area contributed by atoms with Crippen LogP contribution in [0.1, 0.15) is 33.1 Å². The van der Waals surface area contributed by atoms with E-state index in [0.29, 0.717) is 13.0 Å². The molecule has 104 valence electrons. The van der Waals surface area contributed by atoms with E-state index in [1.165, 1.54) is 0 Å². The molecule has 2 nitrogen and oxygen atoms in total. The van der Waals surface area contributed by atoms with E-state index in [-0.39, 0.29) is 0 Å². The van der Waals surface area contributed by atoms with Crippen molar-refractivity contribution in [3.8, 4) is 0 Å². The summed E-state index contributed by atoms with van der Waals surface area (Å²) >= 11 is 6.83. The minimum atomic E-state index is 0.424. The van der Waals surface area contributed by atoms with Crippen molar-refractivity contribution in [3.63, 3.8) is 0 Å². The summed E-state index contributed by atoms with van der Waals surface area (Å²) in [5, 5.41) is 0.934. The van der Waals surface area contributed by atoms with Crippen molar-refractivity contribution in [3.05, 3.63) is 35.0 Å². The van der Waals surface area contributed by atoms with E-state index in [0.717, 1.165) is 40.3 Å². The Morgan fingerprint density at radius 1 is 1.39 bits per heavy atom. The first-order valence-electron chi connectivity index (χ1n) is 5.85. The van der Waals surface area contributed by atoms with E-state index in [9.17, 15) is 4.79 Å². The summed E-state index contributed by atoms with van der Waals surface area (Å²) in [7, 11) is 0. The van der Waals surface area contributed by atoms with Crippen LogP contribution in [-0.2, 0) is 9.53 Å². The quantitative estimate of drug-likeness (QED) is 0.145. The highest BCUT2D eigenvalue weighted by Gasteiger charge is 2.06. The van der Waals surface area contributed by atoms with Crippen molar-refractivity contribution in [1.29, 1.82) is 0 Å². The summed E-state index contributed by atoms with van der Waals surface area (Å²) in [6, 6.07) is 0. The van der Waals surface area contributed by atoms with Crippen LogP contribution in [0.15, 0.2) is 35.0 Å². The molecular weight excluding hydrogens is 360 g/mol. The van der Waals surface area contributed by atoms with Gasteiger partial charge in [0, 0.05) is 11.8 Å². The van der Waals surface area contributed by atoms with Gasteiger partial charge < -0.3 is 9.53 Å². The zero-order valence-electron chi connectivity index (χ0n) is 11.2. The van der Waals surface area contributed by atoms with E-state index in [1.807, 2.05) is 19.9 Å². The Morgan fingerprint density at radius 3 is 2.44 bits per heavy atom. The highest BCUT2D eigenvalue weighted by Crippen LogP contribution is 2.24. The Balaban J connectivity index is 0. The molecule has 0 amide bonds. The Bertz CT molecular complexity index is 284. The van der Waals surface area contributed by atoms with Gasteiger partial charge in [0.25, 0.3) is 0 Å². The second-order valence-electron chi connectivity index (χ2n) is 3.27. The van der Waals surface area contributed by atoms with E-state index in [1.54, 1.807) is 0 Å². The maximum absolute atomic E-state index is 10.5. The molecule has 0 fully saturated rings. The number of carbonyl (C=O) groups excluding carboxylic acids is 1. The normalized spacial score (nSPS) is 12.1. The van der Waals surface area contributed by atoms with Crippen molar-refractivity contribution in [2.75, 3.05) is 11.9 Å². The van der Waals surface area contributed by atoms with Crippen LogP contribution in [-0.4, -0.2) is 18.2 Å². The molecule has 0 unspecified atom stereocenters. The number of ether oxygens (including phenoxy) is 1. The SMILES string of the molecule is C=C.CC/C=C(CC=O)\C(Br)=C(/C)OCCCBr. The molecule has 0 aromatic carbocycles. The number of carbonyl (C=O) groups is 1. The van der Waals surface area contributed by atoms with Gasteiger partial charge >= 0.3 is 0 Å². The van der Waals surface area contributed by atoms with Crippen molar-refractivity contribution in [1.82, 2.24) is 0 Å². The lowest BCUT2D eigenvalue weighted by molar-refractivity contribution is -0.107. The molecule has 0 aromatic heterocycles. The third-order valence-corrected chi connectivity index (χ3v) is 3.57. The Hall–Kier alpha value is -0.350. The summed E-state index contributed by atoms with van der Waals surface area (Å²) in [6.45, 7) is 10.6. The van der Waals surface area contributed by atoms with Gasteiger partial charge in [-0.3, -0.25) is 0 Å². The molecule has 0 atom stereocenters. The molecule has 0 spiro atoms. The van der Waals surface area contributed by atoms with Crippen LogP contribution in [0.2, 0.25) is 0 Å². The second-order valence-corrected chi connectivity index (χ2v) is 4.86. The number of halogens is 2. The van der Waals surface area contributed by atoms with Gasteiger partial charge in [0.05, 0.1) is 11.1 Å². The summed E-state index contributed by atoms with van der Waals surface area (Å²) < 4.78 is 6.46. The summed E-state index contributed by atoms with van der Waals surface area (Å²) in [5.41, 5.74) is 0.994. The van der Waals surface area contributed by atoms with Crippen molar-refractivity contribution in [2.45, 2.75) is 33.1 Å². The summed E-state index contributed by atoms with van der Waals surface area (Å²) in [5.74, 6) is 0.836. The maximum Gasteiger partial charge on any atom is 0.124 e. The molecule has 0 heterocycles. The van der Waals surface area contributed by atoms with Gasteiger partial charge in [0.1, 0.15) is 12.0 Å². The first-order valence-corrected chi connectivity index (χ1v) is 7.77. The third kappa shape index (κ3) is 9.66. The highest BCUT2D eigenvalue weighted by atomic mass is 79.9. The molecule has 4 heteroatoms. The zero-order valence-corrected chi connectivity index (χ0v) is 14.3. The van der Waals surface area contributed by atoms with Gasteiger partial charge in [-0.25, -0.2) is 0 Å². The lowest BCUT2D eigenvalue weighted by Gasteiger charge is -2.10. The topological polar surface area (TPSA) is 26.3 Å². The van der Waals surface area contributed by atoms with Gasteiger partial charge in [0.15, 0.2) is 0 Å². The molecule has 0 bridgehead atoms. The number of allylic oxidation sites excluding steroid dienone is 4. The molecule has 0 aliphatic rings. The van der Waals surface area contributed by atoms with Gasteiger partial charge in [-0.05, 0) is 41.3 Å². The van der Waals surface area contributed by atoms with Crippen molar-refractivity contribution >= 4 is 38.1 Å². The van der Waals surface area contributed by atoms with Crippen LogP contribution in [0.25, 0.3) is 0 Å². The molecule has 0 rings (SSSR count). The molecule has 0 radical (unpaired) electrons. The molecule has 0 aliphatic carbocycles. The summed E-state index contributed by atoms with van der Waals surface area (Å²) in [4.78, 5) is 10.5. The fraction of sp³-hybridized carbons (Fsp3) is 0.500. The molecule has 0 N–H and O–H groups in total. The number of hydrogen-bond donors (Lipinski definition) is 0. The van der Waals surface area contributed by atoms with Crippen LogP contribution < -0.4 is 0 Å². The Morgan fingerprint density at radius 2 is 2.00 bits per heavy atom. The lowest BCUT2D eigenvalue weighted by atomic mass is 10.1. The highest BCUT2D eigenvalue weighted by molar-refractivity contribution is 9.12. The standard InChI is InChI=1S/C12H18Br2O2.C2H4/c1-3-5-11(6-8-15)12(14)10(2)16-9-4-7-13;1-2/h5,8H,3-4,6-7,9H2,1-2H3;1-2H2/b11-5-,12-10-;. The lowest BCUT2D eigenvalue weighted by Crippen LogP contribution is -1.97. The van der Waals surface area contributed by atoms with Crippen LogP contribution in [0.4, 0.5) is 0 Å². The Kier molecular flexibility index (Phi) is 16.3. The van der Waals surface area contributed by atoms with E-state index >= 15 is 0 Å². The average molecular weight is 382 g/mol. The fourth-order valence-corrected chi connectivity index (χ4v) is 1.84. The number of aldehydes is 1. The van der Waals surface area contributed by atoms with Gasteiger partial charge in [-0.1, -0.05) is 28.9 Å². The van der Waals surface area contributed by atoms with Crippen LogP contribution in [0.3, 0.4) is 0 Å². The van der Waals surface area contributed by atoms with Crippen LogP contribution in [0, 0.1) is 0 Å². The number of hydrogen-bond acceptors (Lipinski definition) is 2. The molecular formula is C14H22Br2O2. The first-order chi connectivity index (χ1) is 8.67. The molecule has 0 aromatic rings. The van der Waals surface area contributed by atoms with Gasteiger partial charge in [-0.2, -0.15) is 0 Å². The Labute approximate surface area is 127 Å². The average Bonchev–Trinajstić information content (AvgIpc) is 2.40. The largest absolute Gasteiger partial charge is 0.497 e. The maximum atomic E-state index is 10.5. The predicted molar refractivity (Wildman–Crippen MR) is 86.3 cm³/mol. The second kappa shape index (κ2) is 14.7. The van der Waals surface area contributed by atoms with Gasteiger partial charge in [-0.15, -0.1) is 13.2 Å². The van der Waals surface area contributed by atoms with E-state index < -0.39 is 0 Å². The zero-order chi connectivity index (χ0) is 14.4. The molecule has 18 heavy (non-hydrogen) atoms.